The normalized spacial score (nSPS) is 10.4. The Labute approximate surface area is 150 Å². The van der Waals surface area contributed by atoms with Gasteiger partial charge in [-0.2, -0.15) is 0 Å². The molecule has 0 spiro atoms. The second-order valence-corrected chi connectivity index (χ2v) is 5.61. The summed E-state index contributed by atoms with van der Waals surface area (Å²) in [5.74, 6) is -0.0840. The van der Waals surface area contributed by atoms with E-state index in [4.69, 9.17) is 4.42 Å². The number of aromatic nitrogens is 2. The minimum absolute atomic E-state index is 0.180. The molecule has 0 bridgehead atoms. The predicted octanol–water partition coefficient (Wildman–Crippen LogP) is 2.61. The summed E-state index contributed by atoms with van der Waals surface area (Å²) in [6.07, 6.45) is 0. The van der Waals surface area contributed by atoms with Crippen molar-refractivity contribution in [1.82, 2.24) is 15.5 Å². The molecule has 1 heterocycles. The van der Waals surface area contributed by atoms with E-state index in [-0.39, 0.29) is 12.5 Å². The number of aryl methyl sites for hydroxylation is 1. The fourth-order valence-electron chi connectivity index (χ4n) is 2.24. The Morgan fingerprint density at radius 3 is 2.04 bits per heavy atom. The molecule has 0 fully saturated rings. The molecule has 26 heavy (non-hydrogen) atoms. The number of ether oxygens (including phenoxy) is 1. The van der Waals surface area contributed by atoms with Gasteiger partial charge in [0.1, 0.15) is 6.54 Å². The molecule has 3 rings (SSSR count). The third-order valence-corrected chi connectivity index (χ3v) is 3.74. The lowest BCUT2D eigenvalue weighted by atomic mass is 10.1. The SMILES string of the molecule is COC(=O)CNC(=O)c1ccc(-c2nnc(-c3ccc(C)cc3)o2)cc1. The van der Waals surface area contributed by atoms with Crippen LogP contribution in [-0.2, 0) is 9.53 Å². The number of carbonyl (C=O) groups excluding carboxylic acids is 2. The summed E-state index contributed by atoms with van der Waals surface area (Å²) < 4.78 is 10.2. The molecule has 1 N–H and O–H groups in total. The highest BCUT2D eigenvalue weighted by Gasteiger charge is 2.12. The molecule has 0 atom stereocenters. The fraction of sp³-hybridized carbons (Fsp3) is 0.158. The minimum atomic E-state index is -0.510. The fourth-order valence-corrected chi connectivity index (χ4v) is 2.24. The quantitative estimate of drug-likeness (QED) is 0.710. The van der Waals surface area contributed by atoms with Crippen molar-refractivity contribution in [3.63, 3.8) is 0 Å². The van der Waals surface area contributed by atoms with Crippen LogP contribution < -0.4 is 5.32 Å². The van der Waals surface area contributed by atoms with Crippen LogP contribution in [0.5, 0.6) is 0 Å². The summed E-state index contributed by atoms with van der Waals surface area (Å²) in [6.45, 7) is 1.83. The Morgan fingerprint density at radius 1 is 0.962 bits per heavy atom. The van der Waals surface area contributed by atoms with Gasteiger partial charge in [0, 0.05) is 16.7 Å². The van der Waals surface area contributed by atoms with Gasteiger partial charge in [0.05, 0.1) is 7.11 Å². The number of hydrogen-bond acceptors (Lipinski definition) is 6. The van der Waals surface area contributed by atoms with Crippen molar-refractivity contribution in [3.05, 3.63) is 59.7 Å². The molecule has 1 aromatic heterocycles. The molecule has 0 saturated carbocycles. The number of benzene rings is 2. The molecule has 0 radical (unpaired) electrons. The van der Waals surface area contributed by atoms with E-state index in [1.165, 1.54) is 7.11 Å². The summed E-state index contributed by atoms with van der Waals surface area (Å²) in [5.41, 5.74) is 3.10. The number of carbonyl (C=O) groups is 2. The summed E-state index contributed by atoms with van der Waals surface area (Å²) in [4.78, 5) is 23.0. The van der Waals surface area contributed by atoms with Crippen molar-refractivity contribution >= 4 is 11.9 Å². The Kier molecular flexibility index (Phi) is 5.07. The number of nitrogens with one attached hydrogen (secondary N) is 1. The lowest BCUT2D eigenvalue weighted by molar-refractivity contribution is -0.139. The number of amides is 1. The van der Waals surface area contributed by atoms with E-state index >= 15 is 0 Å². The third-order valence-electron chi connectivity index (χ3n) is 3.74. The summed E-state index contributed by atoms with van der Waals surface area (Å²) in [5, 5.41) is 10.6. The average Bonchev–Trinajstić information content (AvgIpc) is 3.16. The van der Waals surface area contributed by atoms with Gasteiger partial charge in [-0.1, -0.05) is 17.7 Å². The zero-order valence-electron chi connectivity index (χ0n) is 14.4. The Morgan fingerprint density at radius 2 is 1.50 bits per heavy atom. The van der Waals surface area contributed by atoms with Crippen molar-refractivity contribution in [3.8, 4) is 22.9 Å². The van der Waals surface area contributed by atoms with Crippen LogP contribution in [0.1, 0.15) is 15.9 Å². The van der Waals surface area contributed by atoms with Gasteiger partial charge in [0.25, 0.3) is 5.91 Å². The van der Waals surface area contributed by atoms with Gasteiger partial charge in [-0.25, -0.2) is 0 Å². The topological polar surface area (TPSA) is 94.3 Å². The molecule has 7 heteroatoms. The molecule has 2 aromatic carbocycles. The number of esters is 1. The largest absolute Gasteiger partial charge is 0.468 e. The molecule has 7 nitrogen and oxygen atoms in total. The van der Waals surface area contributed by atoms with E-state index < -0.39 is 5.97 Å². The van der Waals surface area contributed by atoms with Crippen LogP contribution in [0.4, 0.5) is 0 Å². The van der Waals surface area contributed by atoms with Crippen molar-refractivity contribution in [2.75, 3.05) is 13.7 Å². The molecule has 0 saturated heterocycles. The van der Waals surface area contributed by atoms with Crippen LogP contribution in [0.25, 0.3) is 22.9 Å². The Bertz CT molecular complexity index is 915. The van der Waals surface area contributed by atoms with Crippen LogP contribution in [0, 0.1) is 6.92 Å². The summed E-state index contributed by atoms with van der Waals surface area (Å²) >= 11 is 0. The summed E-state index contributed by atoms with van der Waals surface area (Å²) in [7, 11) is 1.26. The first-order valence-corrected chi connectivity index (χ1v) is 7.93. The van der Waals surface area contributed by atoms with Crippen LogP contribution in [0.3, 0.4) is 0 Å². The second-order valence-electron chi connectivity index (χ2n) is 5.61. The van der Waals surface area contributed by atoms with E-state index in [0.717, 1.165) is 11.1 Å². The van der Waals surface area contributed by atoms with Gasteiger partial charge in [-0.05, 0) is 43.3 Å². The first-order valence-electron chi connectivity index (χ1n) is 7.93. The Hall–Kier alpha value is -3.48. The standard InChI is InChI=1S/C19H17N3O4/c1-12-3-5-14(6-4-12)18-21-22-19(26-18)15-9-7-13(8-10-15)17(24)20-11-16(23)25-2/h3-10H,11H2,1-2H3,(H,20,24). The maximum Gasteiger partial charge on any atom is 0.325 e. The number of methoxy groups -OCH3 is 1. The molecule has 0 unspecified atom stereocenters. The molecule has 132 valence electrons. The number of hydrogen-bond donors (Lipinski definition) is 1. The van der Waals surface area contributed by atoms with Crippen LogP contribution in [-0.4, -0.2) is 35.7 Å². The molecule has 0 aliphatic carbocycles. The molecule has 0 aliphatic heterocycles. The summed E-state index contributed by atoms with van der Waals surface area (Å²) in [6, 6.07) is 14.4. The van der Waals surface area contributed by atoms with Crippen molar-refractivity contribution < 1.29 is 18.7 Å². The van der Waals surface area contributed by atoms with Gasteiger partial charge in [-0.3, -0.25) is 9.59 Å². The zero-order valence-corrected chi connectivity index (χ0v) is 14.4. The second kappa shape index (κ2) is 7.60. The van der Waals surface area contributed by atoms with E-state index in [1.54, 1.807) is 24.3 Å². The lowest BCUT2D eigenvalue weighted by Crippen LogP contribution is -2.30. The van der Waals surface area contributed by atoms with Crippen molar-refractivity contribution in [1.29, 1.82) is 0 Å². The number of nitrogens with zero attached hydrogens (tertiary/aromatic N) is 2. The van der Waals surface area contributed by atoms with Gasteiger partial charge < -0.3 is 14.5 Å². The average molecular weight is 351 g/mol. The highest BCUT2D eigenvalue weighted by Crippen LogP contribution is 2.24. The minimum Gasteiger partial charge on any atom is -0.468 e. The zero-order chi connectivity index (χ0) is 18.5. The predicted molar refractivity (Wildman–Crippen MR) is 94.3 cm³/mol. The van der Waals surface area contributed by atoms with Crippen molar-refractivity contribution in [2.24, 2.45) is 0 Å². The first kappa shape index (κ1) is 17.3. The van der Waals surface area contributed by atoms with E-state index in [2.05, 4.69) is 20.3 Å². The van der Waals surface area contributed by atoms with Gasteiger partial charge in [0.15, 0.2) is 0 Å². The van der Waals surface area contributed by atoms with Crippen LogP contribution in [0.2, 0.25) is 0 Å². The highest BCUT2D eigenvalue weighted by atomic mass is 16.5. The Balaban J connectivity index is 1.72. The number of rotatable bonds is 5. The monoisotopic (exact) mass is 351 g/mol. The van der Waals surface area contributed by atoms with Gasteiger partial charge in [0.2, 0.25) is 11.8 Å². The van der Waals surface area contributed by atoms with Crippen LogP contribution in [0.15, 0.2) is 52.9 Å². The molecule has 1 amide bonds. The first-order chi connectivity index (χ1) is 12.6. The molecule has 3 aromatic rings. The highest BCUT2D eigenvalue weighted by molar-refractivity contribution is 5.96. The molecular weight excluding hydrogens is 334 g/mol. The molecule has 0 aliphatic rings. The van der Waals surface area contributed by atoms with E-state index in [0.29, 0.717) is 22.9 Å². The van der Waals surface area contributed by atoms with Gasteiger partial charge in [-0.15, -0.1) is 10.2 Å². The lowest BCUT2D eigenvalue weighted by Gasteiger charge is -2.04. The maximum atomic E-state index is 12.0. The molecular formula is C19H17N3O4. The van der Waals surface area contributed by atoms with Crippen LogP contribution >= 0.6 is 0 Å². The van der Waals surface area contributed by atoms with Crippen molar-refractivity contribution in [2.45, 2.75) is 6.92 Å². The van der Waals surface area contributed by atoms with Gasteiger partial charge >= 0.3 is 5.97 Å². The maximum absolute atomic E-state index is 12.0. The van der Waals surface area contributed by atoms with E-state index in [9.17, 15) is 9.59 Å². The smallest absolute Gasteiger partial charge is 0.325 e. The third kappa shape index (κ3) is 3.94. The van der Waals surface area contributed by atoms with E-state index in [1.807, 2.05) is 31.2 Å².